The fourth-order valence-corrected chi connectivity index (χ4v) is 2.34. The molecular weight excluding hydrogens is 352 g/mol. The van der Waals surface area contributed by atoms with Gasteiger partial charge in [-0.05, 0) is 53.2 Å². The molecule has 0 bridgehead atoms. The fourth-order valence-electron chi connectivity index (χ4n) is 1.83. The molecule has 0 fully saturated rings. The molecule has 0 radical (unpaired) electrons. The summed E-state index contributed by atoms with van der Waals surface area (Å²) in [4.78, 5) is 25.8. The monoisotopic (exact) mass is 366 g/mol. The van der Waals surface area contributed by atoms with Crippen molar-refractivity contribution in [2.45, 2.75) is 17.9 Å². The van der Waals surface area contributed by atoms with E-state index in [4.69, 9.17) is 9.88 Å². The highest BCUT2D eigenvalue weighted by Gasteiger charge is 2.22. The fraction of sp³-hybridized carbons (Fsp3) is 0.143. The predicted molar refractivity (Wildman–Crippen MR) is 87.4 cm³/mol. The van der Waals surface area contributed by atoms with Gasteiger partial charge in [-0.3, -0.25) is 4.79 Å². The number of hydrogen-bond acceptors (Lipinski definition) is 7. The molecule has 1 aromatic carbocycles. The molecule has 2 aromatic rings. The Balaban J connectivity index is 2.07. The van der Waals surface area contributed by atoms with Gasteiger partial charge in [0.1, 0.15) is 6.20 Å². The molecule has 0 saturated carbocycles. The molecule has 1 amide bonds. The zero-order chi connectivity index (χ0) is 18.6. The van der Waals surface area contributed by atoms with E-state index in [0.717, 1.165) is 0 Å². The van der Waals surface area contributed by atoms with E-state index >= 15 is 0 Å². The van der Waals surface area contributed by atoms with E-state index in [1.165, 1.54) is 49.5 Å². The summed E-state index contributed by atoms with van der Waals surface area (Å²) in [6.45, 7) is 1.41. The Hall–Kier alpha value is -3.05. The lowest BCUT2D eigenvalue weighted by atomic mass is 10.3. The molecule has 0 saturated heterocycles. The Morgan fingerprint density at radius 1 is 1.32 bits per heavy atom. The first-order valence-corrected chi connectivity index (χ1v) is 8.43. The smallest absolute Gasteiger partial charge is 0.406 e. The first kappa shape index (κ1) is 18.3. The zero-order valence-electron chi connectivity index (χ0n) is 12.9. The van der Waals surface area contributed by atoms with E-state index in [0.29, 0.717) is 5.69 Å². The van der Waals surface area contributed by atoms with Crippen LogP contribution < -0.4 is 15.2 Å². The Kier molecular flexibility index (Phi) is 5.29. The van der Waals surface area contributed by atoms with Crippen molar-refractivity contribution in [3.63, 3.8) is 0 Å². The van der Waals surface area contributed by atoms with Crippen LogP contribution in [0.25, 0.3) is 0 Å². The number of aromatic nitrogens is 1. The van der Waals surface area contributed by atoms with Gasteiger partial charge in [0.05, 0.1) is 4.90 Å². The highest BCUT2D eigenvalue weighted by atomic mass is 32.2. The molecule has 0 aliphatic rings. The van der Waals surface area contributed by atoms with Gasteiger partial charge in [-0.1, -0.05) is 0 Å². The number of carbonyl (C=O) groups excluding carboxylic acids is 1. The SMILES string of the molecule is CC(Oc1cccnc1[N+](=O)[O-])C(=O)Nc1ccc(S(N)(=O)=O)cc1. The van der Waals surface area contributed by atoms with E-state index in [-0.39, 0.29) is 10.6 Å². The number of nitro groups is 1. The molecule has 0 aliphatic heterocycles. The molecule has 3 N–H and O–H groups in total. The zero-order valence-corrected chi connectivity index (χ0v) is 13.8. The molecular formula is C14H14N4O6S. The molecule has 1 unspecified atom stereocenters. The lowest BCUT2D eigenvalue weighted by Gasteiger charge is -2.14. The summed E-state index contributed by atoms with van der Waals surface area (Å²) < 4.78 is 27.6. The highest BCUT2D eigenvalue weighted by molar-refractivity contribution is 7.89. The number of hydrogen-bond donors (Lipinski definition) is 2. The number of rotatable bonds is 6. The molecule has 10 nitrogen and oxygen atoms in total. The number of amides is 1. The third-order valence-electron chi connectivity index (χ3n) is 3.05. The Labute approximate surface area is 142 Å². The number of primary sulfonamides is 1. The molecule has 11 heteroatoms. The van der Waals surface area contributed by atoms with Gasteiger partial charge in [-0.25, -0.2) is 13.6 Å². The average molecular weight is 366 g/mol. The number of nitrogens with zero attached hydrogens (tertiary/aromatic N) is 2. The van der Waals surface area contributed by atoms with Crippen molar-refractivity contribution in [2.75, 3.05) is 5.32 Å². The summed E-state index contributed by atoms with van der Waals surface area (Å²) in [5, 5.41) is 18.4. The molecule has 132 valence electrons. The lowest BCUT2D eigenvalue weighted by Crippen LogP contribution is -2.30. The number of anilines is 1. The maximum Gasteiger partial charge on any atom is 0.406 e. The molecule has 0 aliphatic carbocycles. The number of sulfonamides is 1. The van der Waals surface area contributed by atoms with Crippen LogP contribution in [0.3, 0.4) is 0 Å². The van der Waals surface area contributed by atoms with E-state index in [1.807, 2.05) is 0 Å². The van der Waals surface area contributed by atoms with Gasteiger partial charge >= 0.3 is 5.82 Å². The lowest BCUT2D eigenvalue weighted by molar-refractivity contribution is -0.390. The van der Waals surface area contributed by atoms with Crippen molar-refractivity contribution >= 4 is 27.4 Å². The van der Waals surface area contributed by atoms with Gasteiger partial charge in [0.25, 0.3) is 5.91 Å². The summed E-state index contributed by atoms with van der Waals surface area (Å²) in [5.41, 5.74) is 0.313. The van der Waals surface area contributed by atoms with E-state index in [2.05, 4.69) is 10.3 Å². The minimum Gasteiger partial charge on any atom is -0.473 e. The minimum atomic E-state index is -3.83. The maximum absolute atomic E-state index is 12.1. The molecule has 25 heavy (non-hydrogen) atoms. The quantitative estimate of drug-likeness (QED) is 0.571. The number of nitrogens with two attached hydrogens (primary N) is 1. The van der Waals surface area contributed by atoms with Gasteiger partial charge in [0.15, 0.2) is 6.10 Å². The maximum atomic E-state index is 12.1. The van der Waals surface area contributed by atoms with Crippen molar-refractivity contribution < 1.29 is 22.9 Å². The minimum absolute atomic E-state index is 0.0965. The first-order valence-electron chi connectivity index (χ1n) is 6.88. The molecule has 0 spiro atoms. The van der Waals surface area contributed by atoms with Crippen molar-refractivity contribution in [1.29, 1.82) is 0 Å². The Bertz CT molecular complexity index is 898. The van der Waals surface area contributed by atoms with Gasteiger partial charge in [0.2, 0.25) is 15.8 Å². The van der Waals surface area contributed by atoms with Gasteiger partial charge in [0, 0.05) is 5.69 Å². The third-order valence-corrected chi connectivity index (χ3v) is 3.98. The van der Waals surface area contributed by atoms with Crippen LogP contribution in [0, 0.1) is 10.1 Å². The summed E-state index contributed by atoms with van der Waals surface area (Å²) in [5.74, 6) is -1.22. The second-order valence-corrected chi connectivity index (χ2v) is 6.46. The summed E-state index contributed by atoms with van der Waals surface area (Å²) >= 11 is 0. The molecule has 2 rings (SSSR count). The number of pyridine rings is 1. The van der Waals surface area contributed by atoms with E-state index in [9.17, 15) is 23.3 Å². The van der Waals surface area contributed by atoms with Gasteiger partial charge in [-0.15, -0.1) is 0 Å². The van der Waals surface area contributed by atoms with Crippen LogP contribution in [0.1, 0.15) is 6.92 Å². The number of carbonyl (C=O) groups is 1. The van der Waals surface area contributed by atoms with E-state index < -0.39 is 32.8 Å². The van der Waals surface area contributed by atoms with Crippen molar-refractivity contribution in [3.8, 4) is 5.75 Å². The van der Waals surface area contributed by atoms with Crippen LogP contribution in [0.15, 0.2) is 47.5 Å². The van der Waals surface area contributed by atoms with Crippen LogP contribution in [0.4, 0.5) is 11.5 Å². The Morgan fingerprint density at radius 2 is 1.96 bits per heavy atom. The largest absolute Gasteiger partial charge is 0.473 e. The summed E-state index contributed by atoms with van der Waals surface area (Å²) in [7, 11) is -3.83. The summed E-state index contributed by atoms with van der Waals surface area (Å²) in [6.07, 6.45) is 0.184. The van der Waals surface area contributed by atoms with Crippen LogP contribution in [-0.4, -0.2) is 30.3 Å². The topological polar surface area (TPSA) is 155 Å². The van der Waals surface area contributed by atoms with Crippen molar-refractivity contribution in [2.24, 2.45) is 5.14 Å². The Morgan fingerprint density at radius 3 is 2.52 bits per heavy atom. The second-order valence-electron chi connectivity index (χ2n) is 4.90. The van der Waals surface area contributed by atoms with Crippen LogP contribution in [0.2, 0.25) is 0 Å². The van der Waals surface area contributed by atoms with Crippen molar-refractivity contribution in [1.82, 2.24) is 4.98 Å². The van der Waals surface area contributed by atoms with Crippen molar-refractivity contribution in [3.05, 3.63) is 52.7 Å². The summed E-state index contributed by atoms with van der Waals surface area (Å²) in [6, 6.07) is 7.97. The van der Waals surface area contributed by atoms with Crippen LogP contribution in [-0.2, 0) is 14.8 Å². The molecule has 1 atom stereocenters. The number of nitrogens with one attached hydrogen (secondary N) is 1. The highest BCUT2D eigenvalue weighted by Crippen LogP contribution is 2.24. The number of ether oxygens (including phenoxy) is 1. The molecule has 1 heterocycles. The van der Waals surface area contributed by atoms with Gasteiger partial charge in [-0.2, -0.15) is 0 Å². The standard InChI is InChI=1S/C14H14N4O6S/c1-9(24-12-3-2-8-16-13(12)18(20)21)14(19)17-10-4-6-11(7-5-10)25(15,22)23/h2-9H,1H3,(H,17,19)(H2,15,22,23). The normalized spacial score (nSPS) is 12.2. The van der Waals surface area contributed by atoms with Crippen LogP contribution in [0.5, 0.6) is 5.75 Å². The first-order chi connectivity index (χ1) is 11.7. The number of benzene rings is 1. The van der Waals surface area contributed by atoms with E-state index in [1.54, 1.807) is 0 Å². The molecule has 1 aromatic heterocycles. The van der Waals surface area contributed by atoms with Crippen LogP contribution >= 0.6 is 0 Å². The third kappa shape index (κ3) is 4.71. The average Bonchev–Trinajstić information content (AvgIpc) is 2.54. The second kappa shape index (κ2) is 7.23. The predicted octanol–water partition coefficient (Wildman–Crippen LogP) is 1.04. The van der Waals surface area contributed by atoms with Gasteiger partial charge < -0.3 is 20.2 Å².